The van der Waals surface area contributed by atoms with Crippen molar-refractivity contribution < 1.29 is 17.9 Å². The standard InChI is InChI=1S/C23H21BrF3NO/c1-13-6-17-16-5-3-2-4-14(16)7-18(17)22(28(13)10-23(27)11-29-12-23)21-19(25)8-15(24)9-20(21)26/h2-5,8-9,13,22H,6-7,10-12H2,1H3/t13-,22+/m1/s1. The van der Waals surface area contributed by atoms with Gasteiger partial charge in [-0.25, -0.2) is 13.2 Å². The molecule has 29 heavy (non-hydrogen) atoms. The molecular formula is C23H21BrF3NO. The molecule has 2 nitrogen and oxygen atoms in total. The molecule has 2 aromatic rings. The van der Waals surface area contributed by atoms with Crippen molar-refractivity contribution in [2.45, 2.75) is 37.5 Å². The number of hydrogen-bond acceptors (Lipinski definition) is 2. The number of alkyl halides is 1. The Kier molecular flexibility index (Phi) is 4.64. The van der Waals surface area contributed by atoms with E-state index in [-0.39, 0.29) is 31.4 Å². The summed E-state index contributed by atoms with van der Waals surface area (Å²) in [4.78, 5) is 1.93. The molecule has 2 heterocycles. The smallest absolute Gasteiger partial charge is 0.169 e. The third-order valence-electron chi connectivity index (χ3n) is 6.34. The predicted octanol–water partition coefficient (Wildman–Crippen LogP) is 5.61. The molecule has 0 bridgehead atoms. The van der Waals surface area contributed by atoms with Gasteiger partial charge in [0.05, 0.1) is 19.3 Å². The van der Waals surface area contributed by atoms with Crippen LogP contribution < -0.4 is 0 Å². The van der Waals surface area contributed by atoms with Gasteiger partial charge in [-0.2, -0.15) is 0 Å². The van der Waals surface area contributed by atoms with Crippen molar-refractivity contribution in [1.82, 2.24) is 4.90 Å². The first kappa shape index (κ1) is 19.3. The van der Waals surface area contributed by atoms with Crippen LogP contribution in [0.25, 0.3) is 5.57 Å². The summed E-state index contributed by atoms with van der Waals surface area (Å²) < 4.78 is 50.6. The van der Waals surface area contributed by atoms with E-state index >= 15 is 13.2 Å². The molecule has 1 fully saturated rings. The fraction of sp³-hybridized carbons (Fsp3) is 0.391. The fourth-order valence-electron chi connectivity index (χ4n) is 4.97. The van der Waals surface area contributed by atoms with E-state index in [2.05, 4.69) is 28.1 Å². The Morgan fingerprint density at radius 3 is 2.52 bits per heavy atom. The van der Waals surface area contributed by atoms with Gasteiger partial charge in [-0.15, -0.1) is 0 Å². The van der Waals surface area contributed by atoms with Crippen molar-refractivity contribution in [2.24, 2.45) is 0 Å². The van der Waals surface area contributed by atoms with E-state index in [1.54, 1.807) is 0 Å². The molecular weight excluding hydrogens is 443 g/mol. The SMILES string of the molecule is C[C@@H]1CC2=C(Cc3ccccc32)[C@@H](c2c(F)cc(Br)cc2F)N1CC1(F)COC1. The number of benzene rings is 2. The zero-order valence-corrected chi connectivity index (χ0v) is 17.6. The van der Waals surface area contributed by atoms with Crippen molar-refractivity contribution in [3.05, 3.63) is 74.8 Å². The quantitative estimate of drug-likeness (QED) is 0.586. The average molecular weight is 464 g/mol. The lowest BCUT2D eigenvalue weighted by atomic mass is 9.83. The van der Waals surface area contributed by atoms with Crippen molar-refractivity contribution >= 4 is 21.5 Å². The number of rotatable bonds is 3. The lowest BCUT2D eigenvalue weighted by Crippen LogP contribution is -2.57. The topological polar surface area (TPSA) is 12.5 Å². The summed E-state index contributed by atoms with van der Waals surface area (Å²) in [7, 11) is 0. The molecule has 1 aliphatic carbocycles. The van der Waals surface area contributed by atoms with Crippen LogP contribution in [0.15, 0.2) is 46.4 Å². The van der Waals surface area contributed by atoms with Crippen LogP contribution in [0.4, 0.5) is 13.2 Å². The van der Waals surface area contributed by atoms with E-state index in [1.165, 1.54) is 12.1 Å². The maximum absolute atomic E-state index is 15.1. The van der Waals surface area contributed by atoms with E-state index in [4.69, 9.17) is 4.74 Å². The van der Waals surface area contributed by atoms with E-state index in [1.807, 2.05) is 24.0 Å². The number of hydrogen-bond donors (Lipinski definition) is 0. The lowest BCUT2D eigenvalue weighted by Gasteiger charge is -2.47. The predicted molar refractivity (Wildman–Crippen MR) is 109 cm³/mol. The number of ether oxygens (including phenoxy) is 1. The fourth-order valence-corrected chi connectivity index (χ4v) is 5.37. The Morgan fingerprint density at radius 2 is 1.86 bits per heavy atom. The highest BCUT2D eigenvalue weighted by molar-refractivity contribution is 9.10. The summed E-state index contributed by atoms with van der Waals surface area (Å²) in [6.07, 6.45) is 1.36. The van der Waals surface area contributed by atoms with Gasteiger partial charge in [0.1, 0.15) is 11.6 Å². The van der Waals surface area contributed by atoms with E-state index in [0.29, 0.717) is 10.9 Å². The molecule has 3 aliphatic rings. The second kappa shape index (κ2) is 6.96. The summed E-state index contributed by atoms with van der Waals surface area (Å²) in [6, 6.07) is 9.99. The Hall–Kier alpha value is -1.63. The van der Waals surface area contributed by atoms with Gasteiger partial charge in [-0.1, -0.05) is 40.2 Å². The van der Waals surface area contributed by atoms with Gasteiger partial charge in [0.25, 0.3) is 0 Å². The summed E-state index contributed by atoms with van der Waals surface area (Å²) in [5.74, 6) is -1.22. The van der Waals surface area contributed by atoms with Crippen LogP contribution in [0.5, 0.6) is 0 Å². The van der Waals surface area contributed by atoms with Gasteiger partial charge in [0, 0.05) is 22.6 Å². The molecule has 152 valence electrons. The molecule has 0 unspecified atom stereocenters. The molecule has 5 rings (SSSR count). The Morgan fingerprint density at radius 1 is 1.17 bits per heavy atom. The van der Waals surface area contributed by atoms with Gasteiger partial charge in [-0.05, 0) is 54.2 Å². The number of fused-ring (bicyclic) bond motifs is 2. The summed E-state index contributed by atoms with van der Waals surface area (Å²) in [5.41, 5.74) is 2.97. The maximum Gasteiger partial charge on any atom is 0.169 e. The molecule has 6 heteroatoms. The van der Waals surface area contributed by atoms with Crippen LogP contribution in [-0.2, 0) is 11.2 Å². The zero-order valence-electron chi connectivity index (χ0n) is 16.0. The third-order valence-corrected chi connectivity index (χ3v) is 6.80. The summed E-state index contributed by atoms with van der Waals surface area (Å²) >= 11 is 3.16. The van der Waals surface area contributed by atoms with Gasteiger partial charge in [-0.3, -0.25) is 4.90 Å². The molecule has 0 N–H and O–H groups in total. The Labute approximate surface area is 176 Å². The van der Waals surface area contributed by atoms with E-state index in [0.717, 1.165) is 28.7 Å². The first-order valence-corrected chi connectivity index (χ1v) is 10.6. The monoisotopic (exact) mass is 463 g/mol. The van der Waals surface area contributed by atoms with Crippen LogP contribution in [-0.4, -0.2) is 36.4 Å². The molecule has 1 saturated heterocycles. The molecule has 0 saturated carbocycles. The minimum atomic E-state index is -1.47. The Balaban J connectivity index is 1.66. The maximum atomic E-state index is 15.1. The first-order chi connectivity index (χ1) is 13.9. The normalized spacial score (nSPS) is 25.6. The van der Waals surface area contributed by atoms with Gasteiger partial charge < -0.3 is 4.74 Å². The zero-order chi connectivity index (χ0) is 20.3. The highest BCUT2D eigenvalue weighted by atomic mass is 79.9. The largest absolute Gasteiger partial charge is 0.375 e. The molecule has 0 aromatic heterocycles. The Bertz CT molecular complexity index is 994. The molecule has 0 amide bonds. The van der Waals surface area contributed by atoms with Crippen LogP contribution in [0.2, 0.25) is 0 Å². The van der Waals surface area contributed by atoms with Gasteiger partial charge in [0.15, 0.2) is 5.67 Å². The third kappa shape index (κ3) is 3.16. The lowest BCUT2D eigenvalue weighted by molar-refractivity contribution is -0.147. The molecule has 2 atom stereocenters. The summed E-state index contributed by atoms with van der Waals surface area (Å²) in [6.45, 7) is 2.16. The molecule has 2 aliphatic heterocycles. The minimum absolute atomic E-state index is 0.00361. The average Bonchev–Trinajstić information content (AvgIpc) is 3.00. The number of halogens is 4. The van der Waals surface area contributed by atoms with Gasteiger partial charge in [0.2, 0.25) is 0 Å². The van der Waals surface area contributed by atoms with Crippen LogP contribution in [0.3, 0.4) is 0 Å². The molecule has 2 aromatic carbocycles. The van der Waals surface area contributed by atoms with Crippen molar-refractivity contribution in [3.8, 4) is 0 Å². The van der Waals surface area contributed by atoms with E-state index in [9.17, 15) is 0 Å². The highest BCUT2D eigenvalue weighted by Crippen LogP contribution is 2.50. The van der Waals surface area contributed by atoms with Gasteiger partial charge >= 0.3 is 0 Å². The second-order valence-corrected chi connectivity index (χ2v) is 9.31. The first-order valence-electron chi connectivity index (χ1n) is 9.83. The minimum Gasteiger partial charge on any atom is -0.375 e. The molecule has 0 radical (unpaired) electrons. The van der Waals surface area contributed by atoms with Crippen molar-refractivity contribution in [3.63, 3.8) is 0 Å². The highest BCUT2D eigenvalue weighted by Gasteiger charge is 2.47. The summed E-state index contributed by atoms with van der Waals surface area (Å²) in [5, 5.41) is 0. The second-order valence-electron chi connectivity index (χ2n) is 8.39. The van der Waals surface area contributed by atoms with Crippen molar-refractivity contribution in [1.29, 1.82) is 0 Å². The number of nitrogens with zero attached hydrogens (tertiary/aromatic N) is 1. The van der Waals surface area contributed by atoms with E-state index < -0.39 is 23.3 Å². The van der Waals surface area contributed by atoms with Crippen LogP contribution >= 0.6 is 15.9 Å². The van der Waals surface area contributed by atoms with Crippen LogP contribution in [0.1, 0.15) is 36.1 Å². The van der Waals surface area contributed by atoms with Crippen molar-refractivity contribution in [2.75, 3.05) is 19.8 Å². The molecule has 0 spiro atoms. The van der Waals surface area contributed by atoms with Crippen LogP contribution in [0, 0.1) is 11.6 Å².